The van der Waals surface area contributed by atoms with Crippen molar-refractivity contribution in [1.29, 1.82) is 0 Å². The van der Waals surface area contributed by atoms with Gasteiger partial charge in [0.1, 0.15) is 5.75 Å². The Morgan fingerprint density at radius 1 is 1.30 bits per heavy atom. The molecule has 0 spiro atoms. The molecule has 0 saturated carbocycles. The fourth-order valence-electron chi connectivity index (χ4n) is 2.28. The molecule has 1 aromatic rings. The van der Waals surface area contributed by atoms with Gasteiger partial charge in [-0.05, 0) is 41.9 Å². The average Bonchev–Trinajstić information content (AvgIpc) is 2.45. The highest BCUT2D eigenvalue weighted by Gasteiger charge is 2.21. The third kappa shape index (κ3) is 4.84. The smallest absolute Gasteiger partial charge is 0.335 e. The lowest BCUT2D eigenvalue weighted by Crippen LogP contribution is -2.14. The van der Waals surface area contributed by atoms with Crippen LogP contribution in [0.3, 0.4) is 0 Å². The van der Waals surface area contributed by atoms with E-state index in [1.54, 1.807) is 0 Å². The standard InChI is InChI=1S/C18H26O2/c1-6-14(13-18(4,5)8-3)15-9-11-16(12-10-15)20-17(19)7-2/h7,9-12,14H,2,6,8,13H2,1,3-5H3. The molecular weight excluding hydrogens is 248 g/mol. The Bertz CT molecular complexity index is 443. The lowest BCUT2D eigenvalue weighted by Gasteiger charge is -2.28. The molecule has 0 bridgehead atoms. The zero-order valence-corrected chi connectivity index (χ0v) is 13.1. The maximum Gasteiger partial charge on any atom is 0.335 e. The van der Waals surface area contributed by atoms with Crippen molar-refractivity contribution in [2.24, 2.45) is 5.41 Å². The van der Waals surface area contributed by atoms with Gasteiger partial charge in [-0.2, -0.15) is 0 Å². The molecule has 1 aromatic carbocycles. The summed E-state index contributed by atoms with van der Waals surface area (Å²) in [4.78, 5) is 11.1. The fraction of sp³-hybridized carbons (Fsp3) is 0.500. The average molecular weight is 274 g/mol. The molecule has 0 saturated heterocycles. The van der Waals surface area contributed by atoms with E-state index in [4.69, 9.17) is 4.74 Å². The second-order valence-corrected chi connectivity index (χ2v) is 6.02. The summed E-state index contributed by atoms with van der Waals surface area (Å²) >= 11 is 0. The van der Waals surface area contributed by atoms with Gasteiger partial charge < -0.3 is 4.74 Å². The molecule has 110 valence electrons. The van der Waals surface area contributed by atoms with Crippen molar-refractivity contribution in [1.82, 2.24) is 0 Å². The van der Waals surface area contributed by atoms with Gasteiger partial charge in [-0.25, -0.2) is 4.79 Å². The summed E-state index contributed by atoms with van der Waals surface area (Å²) in [6.07, 6.45) is 4.64. The number of benzene rings is 1. The van der Waals surface area contributed by atoms with Gasteiger partial charge in [0, 0.05) is 6.08 Å². The Hall–Kier alpha value is -1.57. The van der Waals surface area contributed by atoms with Crippen LogP contribution in [-0.2, 0) is 4.79 Å². The molecule has 0 aliphatic carbocycles. The van der Waals surface area contributed by atoms with Crippen LogP contribution in [0.25, 0.3) is 0 Å². The predicted molar refractivity (Wildman–Crippen MR) is 84.0 cm³/mol. The van der Waals surface area contributed by atoms with Gasteiger partial charge in [0.2, 0.25) is 0 Å². The molecule has 2 heteroatoms. The van der Waals surface area contributed by atoms with Crippen molar-refractivity contribution in [3.05, 3.63) is 42.5 Å². The summed E-state index contributed by atoms with van der Waals surface area (Å²) < 4.78 is 5.10. The van der Waals surface area contributed by atoms with Crippen LogP contribution in [0.5, 0.6) is 5.75 Å². The number of ether oxygens (including phenoxy) is 1. The molecule has 0 aromatic heterocycles. The van der Waals surface area contributed by atoms with Crippen LogP contribution < -0.4 is 4.74 Å². The molecule has 1 unspecified atom stereocenters. The lowest BCUT2D eigenvalue weighted by molar-refractivity contribution is -0.128. The van der Waals surface area contributed by atoms with E-state index in [1.807, 2.05) is 12.1 Å². The number of carbonyl (C=O) groups excluding carboxylic acids is 1. The molecule has 0 aliphatic heterocycles. The molecule has 0 aliphatic rings. The van der Waals surface area contributed by atoms with E-state index >= 15 is 0 Å². The van der Waals surface area contributed by atoms with Gasteiger partial charge in [-0.3, -0.25) is 0 Å². The molecule has 0 fully saturated rings. The van der Waals surface area contributed by atoms with Crippen molar-refractivity contribution in [3.63, 3.8) is 0 Å². The maximum atomic E-state index is 11.1. The number of carbonyl (C=O) groups is 1. The van der Waals surface area contributed by atoms with Crippen molar-refractivity contribution in [2.75, 3.05) is 0 Å². The zero-order valence-electron chi connectivity index (χ0n) is 13.1. The van der Waals surface area contributed by atoms with E-state index < -0.39 is 5.97 Å². The fourth-order valence-corrected chi connectivity index (χ4v) is 2.28. The van der Waals surface area contributed by atoms with Gasteiger partial charge in [0.15, 0.2) is 0 Å². The molecule has 0 amide bonds. The van der Waals surface area contributed by atoms with Gasteiger partial charge in [0.25, 0.3) is 0 Å². The first-order chi connectivity index (χ1) is 9.41. The number of hydrogen-bond donors (Lipinski definition) is 0. The van der Waals surface area contributed by atoms with E-state index in [-0.39, 0.29) is 0 Å². The minimum atomic E-state index is -0.420. The normalized spacial score (nSPS) is 12.8. The SMILES string of the molecule is C=CC(=O)Oc1ccc(C(CC)CC(C)(C)CC)cc1. The minimum absolute atomic E-state index is 0.356. The van der Waals surface area contributed by atoms with Crippen LogP contribution in [-0.4, -0.2) is 5.97 Å². The summed E-state index contributed by atoms with van der Waals surface area (Å²) in [5.41, 5.74) is 1.67. The third-order valence-electron chi connectivity index (χ3n) is 3.99. The third-order valence-corrected chi connectivity index (χ3v) is 3.99. The maximum absolute atomic E-state index is 11.1. The number of hydrogen-bond acceptors (Lipinski definition) is 2. The highest BCUT2D eigenvalue weighted by molar-refractivity contribution is 5.83. The Kier molecular flexibility index (Phi) is 6.00. The molecule has 0 heterocycles. The molecule has 2 nitrogen and oxygen atoms in total. The van der Waals surface area contributed by atoms with E-state index in [2.05, 4.69) is 46.4 Å². The van der Waals surface area contributed by atoms with E-state index in [1.165, 1.54) is 24.5 Å². The topological polar surface area (TPSA) is 26.3 Å². The van der Waals surface area contributed by atoms with E-state index in [9.17, 15) is 4.79 Å². The summed E-state index contributed by atoms with van der Waals surface area (Å²) in [5.74, 6) is 0.703. The molecule has 1 atom stereocenters. The van der Waals surface area contributed by atoms with Crippen molar-refractivity contribution < 1.29 is 9.53 Å². The van der Waals surface area contributed by atoms with E-state index in [0.29, 0.717) is 17.1 Å². The zero-order chi connectivity index (χ0) is 15.2. The second-order valence-electron chi connectivity index (χ2n) is 6.02. The van der Waals surface area contributed by atoms with Crippen molar-refractivity contribution in [2.45, 2.75) is 52.9 Å². The Morgan fingerprint density at radius 2 is 1.90 bits per heavy atom. The van der Waals surface area contributed by atoms with Crippen molar-refractivity contribution in [3.8, 4) is 5.75 Å². The Balaban J connectivity index is 2.79. The first kappa shape index (κ1) is 16.5. The first-order valence-corrected chi connectivity index (χ1v) is 7.36. The summed E-state index contributed by atoms with van der Waals surface area (Å²) in [7, 11) is 0. The van der Waals surface area contributed by atoms with Crippen LogP contribution in [0.15, 0.2) is 36.9 Å². The monoisotopic (exact) mass is 274 g/mol. The van der Waals surface area contributed by atoms with Gasteiger partial charge in [-0.15, -0.1) is 0 Å². The van der Waals surface area contributed by atoms with Crippen LogP contribution in [0.1, 0.15) is 58.4 Å². The summed E-state index contributed by atoms with van der Waals surface area (Å²) in [5, 5.41) is 0. The van der Waals surface area contributed by atoms with Crippen molar-refractivity contribution >= 4 is 5.97 Å². The Morgan fingerprint density at radius 3 is 2.35 bits per heavy atom. The van der Waals surface area contributed by atoms with Gasteiger partial charge in [-0.1, -0.05) is 52.8 Å². The van der Waals surface area contributed by atoms with Gasteiger partial charge >= 0.3 is 5.97 Å². The summed E-state index contributed by atoms with van der Waals surface area (Å²) in [6.45, 7) is 12.5. The summed E-state index contributed by atoms with van der Waals surface area (Å²) in [6, 6.07) is 7.84. The predicted octanol–water partition coefficient (Wildman–Crippen LogP) is 5.10. The van der Waals surface area contributed by atoms with Gasteiger partial charge in [0.05, 0.1) is 0 Å². The van der Waals surface area contributed by atoms with Crippen LogP contribution >= 0.6 is 0 Å². The highest BCUT2D eigenvalue weighted by Crippen LogP contribution is 2.36. The minimum Gasteiger partial charge on any atom is -0.423 e. The largest absolute Gasteiger partial charge is 0.423 e. The van der Waals surface area contributed by atoms with Crippen LogP contribution in [0.4, 0.5) is 0 Å². The Labute approximate surface area is 122 Å². The lowest BCUT2D eigenvalue weighted by atomic mass is 9.77. The number of esters is 1. The number of rotatable bonds is 7. The molecule has 1 rings (SSSR count). The molecule has 0 N–H and O–H groups in total. The van der Waals surface area contributed by atoms with E-state index in [0.717, 1.165) is 6.42 Å². The quantitative estimate of drug-likeness (QED) is 0.393. The van der Waals surface area contributed by atoms with Crippen LogP contribution in [0.2, 0.25) is 0 Å². The molecular formula is C18H26O2. The van der Waals surface area contributed by atoms with Crippen LogP contribution in [0, 0.1) is 5.41 Å². The first-order valence-electron chi connectivity index (χ1n) is 7.36. The highest BCUT2D eigenvalue weighted by atomic mass is 16.5. The second kappa shape index (κ2) is 7.28. The molecule has 0 radical (unpaired) electrons. The molecule has 20 heavy (non-hydrogen) atoms.